The summed E-state index contributed by atoms with van der Waals surface area (Å²) >= 11 is 2.89. The zero-order valence-electron chi connectivity index (χ0n) is 25.1. The Labute approximate surface area is 273 Å². The number of thioether (sulfide) groups is 1. The Hall–Kier alpha value is -4.35. The van der Waals surface area contributed by atoms with Crippen molar-refractivity contribution < 1.29 is 23.9 Å². The number of nitrogens with one attached hydrogen (secondary N) is 2. The quantitative estimate of drug-likeness (QED) is 0.255. The van der Waals surface area contributed by atoms with Crippen molar-refractivity contribution in [2.24, 2.45) is 29.6 Å². The molecule has 9 nitrogen and oxygen atoms in total. The van der Waals surface area contributed by atoms with Crippen molar-refractivity contribution in [2.75, 3.05) is 23.9 Å². The molecule has 1 saturated heterocycles. The van der Waals surface area contributed by atoms with Crippen LogP contribution in [0.5, 0.6) is 11.5 Å². The minimum absolute atomic E-state index is 0.0172. The molecular formula is C35H31N3O6S2. The van der Waals surface area contributed by atoms with Crippen molar-refractivity contribution in [3.05, 3.63) is 98.5 Å². The molecule has 3 heterocycles. The number of nitrogens with zero attached hydrogens (tertiary/aromatic N) is 1. The molecule has 1 aromatic heterocycles. The van der Waals surface area contributed by atoms with Gasteiger partial charge in [-0.1, -0.05) is 41.7 Å². The molecule has 4 aromatic rings. The molecule has 3 aromatic carbocycles. The first-order chi connectivity index (χ1) is 22.3. The van der Waals surface area contributed by atoms with E-state index in [1.165, 1.54) is 16.2 Å². The topological polar surface area (TPSA) is 118 Å². The number of imide groups is 1. The molecule has 11 heteroatoms. The van der Waals surface area contributed by atoms with Gasteiger partial charge in [-0.05, 0) is 84.7 Å². The summed E-state index contributed by atoms with van der Waals surface area (Å²) in [6.07, 6.45) is 0.818. The number of carbonyl (C=O) groups is 3. The fourth-order valence-electron chi connectivity index (χ4n) is 8.20. The maximum absolute atomic E-state index is 14.0. The second-order valence-corrected chi connectivity index (χ2v) is 14.6. The zero-order chi connectivity index (χ0) is 31.7. The Morgan fingerprint density at radius 3 is 2.35 bits per heavy atom. The van der Waals surface area contributed by atoms with Crippen molar-refractivity contribution in [1.82, 2.24) is 4.98 Å². The van der Waals surface area contributed by atoms with E-state index in [-0.39, 0.29) is 70.0 Å². The number of thiazole rings is 1. The number of hydrogen-bond acceptors (Lipinski definition) is 8. The summed E-state index contributed by atoms with van der Waals surface area (Å²) in [5.74, 6) is 0.0366. The number of benzene rings is 3. The molecule has 7 atom stereocenters. The molecular weight excluding hydrogens is 623 g/mol. The zero-order valence-corrected chi connectivity index (χ0v) is 26.7. The normalized spacial score (nSPS) is 27.3. The van der Waals surface area contributed by atoms with Crippen molar-refractivity contribution in [1.29, 1.82) is 0 Å². The van der Waals surface area contributed by atoms with E-state index >= 15 is 0 Å². The molecule has 2 aliphatic heterocycles. The number of amides is 3. The van der Waals surface area contributed by atoms with Crippen LogP contribution in [0, 0.1) is 36.5 Å². The van der Waals surface area contributed by atoms with Gasteiger partial charge in [-0.15, -0.1) is 11.8 Å². The molecule has 2 aliphatic carbocycles. The van der Waals surface area contributed by atoms with E-state index in [0.717, 1.165) is 33.1 Å². The number of aromatic amines is 1. The lowest BCUT2D eigenvalue weighted by Crippen LogP contribution is -2.42. The third-order valence-corrected chi connectivity index (χ3v) is 12.7. The van der Waals surface area contributed by atoms with Crippen LogP contribution in [-0.4, -0.2) is 41.7 Å². The van der Waals surface area contributed by atoms with Gasteiger partial charge < -0.3 is 19.8 Å². The molecule has 0 radical (unpaired) electrons. The van der Waals surface area contributed by atoms with Crippen LogP contribution in [0.1, 0.15) is 28.3 Å². The molecule has 3 amide bonds. The molecule has 0 spiro atoms. The first-order valence-corrected chi connectivity index (χ1v) is 17.0. The van der Waals surface area contributed by atoms with E-state index in [0.29, 0.717) is 17.2 Å². The lowest BCUT2D eigenvalue weighted by molar-refractivity contribution is -0.123. The van der Waals surface area contributed by atoms with Crippen LogP contribution in [0.15, 0.2) is 82.6 Å². The monoisotopic (exact) mass is 653 g/mol. The number of aromatic nitrogens is 1. The Bertz CT molecular complexity index is 1920. The Kier molecular flexibility index (Phi) is 7.06. The van der Waals surface area contributed by atoms with Gasteiger partial charge >= 0.3 is 4.87 Å². The van der Waals surface area contributed by atoms with E-state index in [9.17, 15) is 19.2 Å². The molecule has 4 aliphatic rings. The number of methoxy groups -OCH3 is 1. The van der Waals surface area contributed by atoms with E-state index in [2.05, 4.69) is 10.3 Å². The average Bonchev–Trinajstić information content (AvgIpc) is 3.80. The maximum atomic E-state index is 14.0. The largest absolute Gasteiger partial charge is 0.497 e. The lowest BCUT2D eigenvalue weighted by Gasteiger charge is -2.43. The standard InChI is InChI=1S/C35H31N3O6S2/c1-17-5-3-4-6-24(17)36-25(39)16-44-21-11-7-18(8-12-21)26-27-22-15-23(30(27)45-32-31(26)46-35(42)37-32)29-28(22)33(40)38(34(29)41)19-9-13-20(43-2)14-10-19/h3-14,22-23,26-30H,15-16H2,1-2H3,(H,36,39)(H,37,42)/t22-,23-,26+,27-,28+,29+,30-/m1/s1. The average molecular weight is 654 g/mol. The highest BCUT2D eigenvalue weighted by Gasteiger charge is 2.69. The van der Waals surface area contributed by atoms with Gasteiger partial charge in [0.15, 0.2) is 6.61 Å². The van der Waals surface area contributed by atoms with Crippen molar-refractivity contribution in [3.63, 3.8) is 0 Å². The number of H-pyrrole nitrogens is 1. The summed E-state index contributed by atoms with van der Waals surface area (Å²) in [5.41, 5.74) is 3.32. The van der Waals surface area contributed by atoms with Gasteiger partial charge in [-0.25, -0.2) is 0 Å². The van der Waals surface area contributed by atoms with Crippen molar-refractivity contribution in [3.8, 4) is 11.5 Å². The van der Waals surface area contributed by atoms with Gasteiger partial charge in [0.1, 0.15) is 11.5 Å². The fraction of sp³-hybridized carbons (Fsp3) is 0.314. The number of rotatable bonds is 7. The van der Waals surface area contributed by atoms with Gasteiger partial charge in [0.25, 0.3) is 5.91 Å². The van der Waals surface area contributed by atoms with Crippen molar-refractivity contribution in [2.45, 2.75) is 29.5 Å². The van der Waals surface area contributed by atoms with Crippen LogP contribution in [0.3, 0.4) is 0 Å². The molecule has 0 unspecified atom stereocenters. The number of para-hydroxylation sites is 1. The van der Waals surface area contributed by atoms with Gasteiger partial charge in [0.2, 0.25) is 11.8 Å². The van der Waals surface area contributed by atoms with Crippen LogP contribution in [0.25, 0.3) is 0 Å². The summed E-state index contributed by atoms with van der Waals surface area (Å²) in [6, 6.07) is 22.3. The smallest absolute Gasteiger partial charge is 0.305 e. The van der Waals surface area contributed by atoms with Crippen LogP contribution in [0.2, 0.25) is 0 Å². The van der Waals surface area contributed by atoms with Gasteiger partial charge in [0, 0.05) is 21.7 Å². The third kappa shape index (κ3) is 4.59. The highest BCUT2D eigenvalue weighted by Crippen LogP contribution is 2.68. The second-order valence-electron chi connectivity index (χ2n) is 12.4. The highest BCUT2D eigenvalue weighted by molar-refractivity contribution is 8.00. The summed E-state index contributed by atoms with van der Waals surface area (Å²) in [5, 5.41) is 3.85. The number of aryl methyl sites for hydroxylation is 1. The summed E-state index contributed by atoms with van der Waals surface area (Å²) in [4.78, 5) is 58.3. The molecule has 2 bridgehead atoms. The summed E-state index contributed by atoms with van der Waals surface area (Å²) < 4.78 is 11.1. The molecule has 8 rings (SSSR count). The third-order valence-electron chi connectivity index (χ3n) is 10.1. The lowest BCUT2D eigenvalue weighted by atomic mass is 9.68. The number of anilines is 2. The predicted molar refractivity (Wildman–Crippen MR) is 176 cm³/mol. The molecule has 2 saturated carbocycles. The summed E-state index contributed by atoms with van der Waals surface area (Å²) in [6.45, 7) is 1.81. The number of fused-ring (bicyclic) bond motifs is 9. The Morgan fingerprint density at radius 2 is 1.63 bits per heavy atom. The van der Waals surface area contributed by atoms with Gasteiger partial charge in [-0.3, -0.25) is 24.1 Å². The van der Waals surface area contributed by atoms with Crippen LogP contribution >= 0.6 is 23.1 Å². The first kappa shape index (κ1) is 29.1. The minimum atomic E-state index is -0.379. The van der Waals surface area contributed by atoms with Crippen LogP contribution in [0.4, 0.5) is 11.4 Å². The highest BCUT2D eigenvalue weighted by atomic mass is 32.2. The van der Waals surface area contributed by atoms with E-state index in [1.807, 2.05) is 55.5 Å². The van der Waals surface area contributed by atoms with E-state index < -0.39 is 0 Å². The SMILES string of the molecule is COc1ccc(N2C(=O)[C@H]3[C@H]4C[C@@H]([C@@H]3C2=O)[C@@H]2[C@H](c3ccc(OCC(=O)Nc5ccccc5C)cc3)c3sc(=O)[nH]c3S[C@H]42)cc1. The second kappa shape index (κ2) is 11.2. The molecule has 2 N–H and O–H groups in total. The number of hydrogen-bond donors (Lipinski definition) is 2. The number of carbonyl (C=O) groups excluding carboxylic acids is 3. The van der Waals surface area contributed by atoms with Crippen LogP contribution < -0.4 is 24.6 Å². The van der Waals surface area contributed by atoms with E-state index in [1.54, 1.807) is 43.1 Å². The fourth-order valence-corrected chi connectivity index (χ4v) is 11.1. The summed E-state index contributed by atoms with van der Waals surface area (Å²) in [7, 11) is 1.58. The molecule has 3 fully saturated rings. The Balaban J connectivity index is 1.05. The molecule has 46 heavy (non-hydrogen) atoms. The van der Waals surface area contributed by atoms with Gasteiger partial charge in [-0.2, -0.15) is 0 Å². The minimum Gasteiger partial charge on any atom is -0.497 e. The molecule has 234 valence electrons. The predicted octanol–water partition coefficient (Wildman–Crippen LogP) is 5.45. The van der Waals surface area contributed by atoms with Crippen molar-refractivity contribution >= 4 is 52.2 Å². The number of ether oxygens (including phenoxy) is 2. The first-order valence-electron chi connectivity index (χ1n) is 15.3. The maximum Gasteiger partial charge on any atom is 0.305 e. The Morgan fingerprint density at radius 1 is 0.935 bits per heavy atom. The van der Waals surface area contributed by atoms with E-state index in [4.69, 9.17) is 9.47 Å². The van der Waals surface area contributed by atoms with Crippen LogP contribution in [-0.2, 0) is 14.4 Å². The van der Waals surface area contributed by atoms with Gasteiger partial charge in [0.05, 0.1) is 29.7 Å².